The molecule has 0 saturated heterocycles. The normalized spacial score (nSPS) is 10.4. The van der Waals surface area contributed by atoms with E-state index in [0.29, 0.717) is 27.0 Å². The zero-order valence-corrected chi connectivity index (χ0v) is 18.0. The van der Waals surface area contributed by atoms with Crippen molar-refractivity contribution < 1.29 is 14.3 Å². The number of hydrogen-bond donors (Lipinski definition) is 2. The molecule has 154 valence electrons. The van der Waals surface area contributed by atoms with Gasteiger partial charge in [-0.15, -0.1) is 0 Å². The highest BCUT2D eigenvalue weighted by Gasteiger charge is 2.10. The van der Waals surface area contributed by atoms with Gasteiger partial charge in [0.25, 0.3) is 11.8 Å². The minimum Gasteiger partial charge on any atom is -0.484 e. The molecule has 0 heterocycles. The Labute approximate surface area is 185 Å². The molecule has 0 atom stereocenters. The van der Waals surface area contributed by atoms with Crippen molar-refractivity contribution in [2.24, 2.45) is 0 Å². The third-order valence-corrected chi connectivity index (χ3v) is 5.28. The van der Waals surface area contributed by atoms with Gasteiger partial charge in [0.1, 0.15) is 5.75 Å². The van der Waals surface area contributed by atoms with Crippen LogP contribution in [-0.4, -0.2) is 18.4 Å². The molecule has 0 fully saturated rings. The van der Waals surface area contributed by atoms with Crippen molar-refractivity contribution in [2.75, 3.05) is 17.2 Å². The second kappa shape index (κ2) is 9.65. The van der Waals surface area contributed by atoms with Crippen molar-refractivity contribution in [3.05, 3.63) is 87.4 Å². The van der Waals surface area contributed by atoms with E-state index < -0.39 is 0 Å². The summed E-state index contributed by atoms with van der Waals surface area (Å²) in [6, 6.07) is 17.1. The average Bonchev–Trinajstić information content (AvgIpc) is 2.73. The van der Waals surface area contributed by atoms with Gasteiger partial charge in [0.15, 0.2) is 6.61 Å². The molecular weight excluding hydrogens is 423 g/mol. The van der Waals surface area contributed by atoms with Crippen LogP contribution in [0.3, 0.4) is 0 Å². The SMILES string of the molecule is Cc1cccc(NC(=O)c2ccc(OCC(=O)Nc3ccc(Cl)c(Cl)c3)cc2)c1C. The summed E-state index contributed by atoms with van der Waals surface area (Å²) in [6.45, 7) is 3.77. The van der Waals surface area contributed by atoms with Gasteiger partial charge in [0.05, 0.1) is 10.0 Å². The first-order chi connectivity index (χ1) is 14.3. The molecule has 0 bridgehead atoms. The van der Waals surface area contributed by atoms with Crippen LogP contribution in [0.1, 0.15) is 21.5 Å². The van der Waals surface area contributed by atoms with Crippen LogP contribution >= 0.6 is 23.2 Å². The third kappa shape index (κ3) is 5.53. The van der Waals surface area contributed by atoms with Crippen LogP contribution in [-0.2, 0) is 4.79 Å². The molecule has 30 heavy (non-hydrogen) atoms. The summed E-state index contributed by atoms with van der Waals surface area (Å²) in [7, 11) is 0. The van der Waals surface area contributed by atoms with Crippen LogP contribution in [0.2, 0.25) is 10.0 Å². The smallest absolute Gasteiger partial charge is 0.262 e. The molecule has 3 aromatic carbocycles. The summed E-state index contributed by atoms with van der Waals surface area (Å²) < 4.78 is 5.48. The summed E-state index contributed by atoms with van der Waals surface area (Å²) in [6.07, 6.45) is 0. The van der Waals surface area contributed by atoms with Gasteiger partial charge in [-0.1, -0.05) is 35.3 Å². The number of rotatable bonds is 6. The van der Waals surface area contributed by atoms with Crippen molar-refractivity contribution in [3.8, 4) is 5.75 Å². The molecule has 0 aliphatic heterocycles. The lowest BCUT2D eigenvalue weighted by Gasteiger charge is -2.11. The number of carbonyl (C=O) groups is 2. The molecule has 0 spiro atoms. The summed E-state index contributed by atoms with van der Waals surface area (Å²) >= 11 is 11.8. The molecule has 0 saturated carbocycles. The fourth-order valence-electron chi connectivity index (χ4n) is 2.70. The van der Waals surface area contributed by atoms with Crippen molar-refractivity contribution in [1.29, 1.82) is 0 Å². The van der Waals surface area contributed by atoms with E-state index >= 15 is 0 Å². The van der Waals surface area contributed by atoms with E-state index in [0.717, 1.165) is 16.8 Å². The van der Waals surface area contributed by atoms with E-state index in [-0.39, 0.29) is 18.4 Å². The van der Waals surface area contributed by atoms with Crippen LogP contribution in [0.4, 0.5) is 11.4 Å². The highest BCUT2D eigenvalue weighted by Crippen LogP contribution is 2.25. The molecule has 7 heteroatoms. The first kappa shape index (κ1) is 21.7. The second-order valence-electron chi connectivity index (χ2n) is 6.69. The number of ether oxygens (including phenoxy) is 1. The van der Waals surface area contributed by atoms with Crippen LogP contribution in [0.5, 0.6) is 5.75 Å². The number of benzene rings is 3. The Kier molecular flexibility index (Phi) is 6.98. The predicted octanol–water partition coefficient (Wildman–Crippen LogP) is 5.88. The zero-order valence-electron chi connectivity index (χ0n) is 16.5. The number of carbonyl (C=O) groups excluding carboxylic acids is 2. The number of nitrogens with one attached hydrogen (secondary N) is 2. The molecule has 0 unspecified atom stereocenters. The highest BCUT2D eigenvalue weighted by atomic mass is 35.5. The quantitative estimate of drug-likeness (QED) is 0.500. The summed E-state index contributed by atoms with van der Waals surface area (Å²) in [5, 5.41) is 6.35. The monoisotopic (exact) mass is 442 g/mol. The van der Waals surface area contributed by atoms with Crippen molar-refractivity contribution in [1.82, 2.24) is 0 Å². The Bertz CT molecular complexity index is 1080. The third-order valence-electron chi connectivity index (χ3n) is 4.54. The number of aryl methyl sites for hydroxylation is 1. The molecule has 3 rings (SSSR count). The molecule has 5 nitrogen and oxygen atoms in total. The van der Waals surface area contributed by atoms with Crippen LogP contribution < -0.4 is 15.4 Å². The molecule has 0 radical (unpaired) electrons. The van der Waals surface area contributed by atoms with E-state index in [4.69, 9.17) is 27.9 Å². The van der Waals surface area contributed by atoms with Crippen LogP contribution in [0.25, 0.3) is 0 Å². The first-order valence-electron chi connectivity index (χ1n) is 9.19. The summed E-state index contributed by atoms with van der Waals surface area (Å²) in [5.74, 6) is -0.0830. The Balaban J connectivity index is 1.55. The van der Waals surface area contributed by atoms with Gasteiger partial charge in [0, 0.05) is 16.9 Å². The Morgan fingerprint density at radius 3 is 2.33 bits per heavy atom. The fourth-order valence-corrected chi connectivity index (χ4v) is 3.00. The maximum Gasteiger partial charge on any atom is 0.262 e. The Morgan fingerprint density at radius 2 is 1.63 bits per heavy atom. The Hall–Kier alpha value is -3.02. The molecule has 2 N–H and O–H groups in total. The molecule has 0 aromatic heterocycles. The number of hydrogen-bond acceptors (Lipinski definition) is 3. The lowest BCUT2D eigenvalue weighted by molar-refractivity contribution is -0.118. The maximum absolute atomic E-state index is 12.5. The minimum atomic E-state index is -0.342. The topological polar surface area (TPSA) is 67.4 Å². The van der Waals surface area contributed by atoms with Gasteiger partial charge in [-0.05, 0) is 73.5 Å². The van der Waals surface area contributed by atoms with Gasteiger partial charge in [0.2, 0.25) is 0 Å². The van der Waals surface area contributed by atoms with Gasteiger partial charge >= 0.3 is 0 Å². The minimum absolute atomic E-state index is 0.186. The van der Waals surface area contributed by atoms with Gasteiger partial charge in [-0.25, -0.2) is 0 Å². The maximum atomic E-state index is 12.5. The Morgan fingerprint density at radius 1 is 0.900 bits per heavy atom. The summed E-state index contributed by atoms with van der Waals surface area (Å²) in [5.41, 5.74) is 3.92. The highest BCUT2D eigenvalue weighted by molar-refractivity contribution is 6.42. The van der Waals surface area contributed by atoms with E-state index in [9.17, 15) is 9.59 Å². The molecule has 0 aliphatic carbocycles. The molecule has 0 aliphatic rings. The number of halogens is 2. The van der Waals surface area contributed by atoms with Gasteiger partial charge < -0.3 is 15.4 Å². The average molecular weight is 443 g/mol. The van der Waals surface area contributed by atoms with Crippen molar-refractivity contribution in [2.45, 2.75) is 13.8 Å². The van der Waals surface area contributed by atoms with E-state index in [1.807, 2.05) is 32.0 Å². The van der Waals surface area contributed by atoms with Crippen molar-refractivity contribution >= 4 is 46.4 Å². The lowest BCUT2D eigenvalue weighted by Crippen LogP contribution is -2.20. The number of anilines is 2. The van der Waals surface area contributed by atoms with Crippen LogP contribution in [0, 0.1) is 13.8 Å². The van der Waals surface area contributed by atoms with Gasteiger partial charge in [-0.2, -0.15) is 0 Å². The fraction of sp³-hybridized carbons (Fsp3) is 0.130. The van der Waals surface area contributed by atoms with Crippen molar-refractivity contribution in [3.63, 3.8) is 0 Å². The second-order valence-corrected chi connectivity index (χ2v) is 7.51. The van der Waals surface area contributed by atoms with E-state index in [1.54, 1.807) is 42.5 Å². The lowest BCUT2D eigenvalue weighted by atomic mass is 10.1. The molecule has 3 aromatic rings. The molecular formula is C23H20Cl2N2O3. The standard InChI is InChI=1S/C23H20Cl2N2O3/c1-14-4-3-5-21(15(14)2)27-23(29)16-6-9-18(10-7-16)30-13-22(28)26-17-8-11-19(24)20(25)12-17/h3-12H,13H2,1-2H3,(H,26,28)(H,27,29). The van der Waals surface area contributed by atoms with Gasteiger partial charge in [-0.3, -0.25) is 9.59 Å². The number of amides is 2. The van der Waals surface area contributed by atoms with Crippen LogP contribution in [0.15, 0.2) is 60.7 Å². The summed E-state index contributed by atoms with van der Waals surface area (Å²) in [4.78, 5) is 24.5. The van der Waals surface area contributed by atoms with E-state index in [2.05, 4.69) is 10.6 Å². The first-order valence-corrected chi connectivity index (χ1v) is 9.94. The molecule has 2 amide bonds. The zero-order chi connectivity index (χ0) is 21.7. The largest absolute Gasteiger partial charge is 0.484 e. The predicted molar refractivity (Wildman–Crippen MR) is 121 cm³/mol. The van der Waals surface area contributed by atoms with E-state index in [1.165, 1.54) is 0 Å².